The summed E-state index contributed by atoms with van der Waals surface area (Å²) in [5.74, 6) is 0.270. The molecule has 9 nitrogen and oxygen atoms in total. The van der Waals surface area contributed by atoms with E-state index in [4.69, 9.17) is 16.0 Å². The Morgan fingerprint density at radius 1 is 1.20 bits per heavy atom. The topological polar surface area (TPSA) is 110 Å². The summed E-state index contributed by atoms with van der Waals surface area (Å²) < 4.78 is 21.3. The lowest BCUT2D eigenvalue weighted by Crippen LogP contribution is -2.42. The first-order chi connectivity index (χ1) is 19.2. The number of thiophene rings is 1. The highest BCUT2D eigenvalue weighted by Gasteiger charge is 2.50. The van der Waals surface area contributed by atoms with Gasteiger partial charge in [-0.05, 0) is 72.7 Å². The fourth-order valence-electron chi connectivity index (χ4n) is 5.33. The quantitative estimate of drug-likeness (QED) is 0.227. The number of hydrogen-bond acceptors (Lipinski definition) is 7. The number of allylic oxidation sites excluding steroid dienone is 1. The largest absolute Gasteiger partial charge is 0.443 e. The van der Waals surface area contributed by atoms with Crippen molar-refractivity contribution in [1.82, 2.24) is 19.4 Å². The van der Waals surface area contributed by atoms with Gasteiger partial charge in [0.15, 0.2) is 12.2 Å². The number of oxazole rings is 1. The number of amides is 2. The zero-order valence-corrected chi connectivity index (χ0v) is 22.9. The molecule has 2 fully saturated rings. The zero-order valence-electron chi connectivity index (χ0n) is 21.3. The lowest BCUT2D eigenvalue weighted by molar-refractivity contribution is -0.125. The van der Waals surface area contributed by atoms with E-state index >= 15 is 0 Å². The van der Waals surface area contributed by atoms with Gasteiger partial charge in [-0.2, -0.15) is 0 Å². The summed E-state index contributed by atoms with van der Waals surface area (Å²) >= 11 is 6.00. The molecule has 1 spiro atoms. The molecular formula is C28H25ClFN5O4S. The molecule has 0 radical (unpaired) electrons. The summed E-state index contributed by atoms with van der Waals surface area (Å²) in [5.41, 5.74) is 1.32. The van der Waals surface area contributed by atoms with E-state index in [1.807, 2.05) is 15.5 Å². The molecule has 1 saturated carbocycles. The van der Waals surface area contributed by atoms with Crippen molar-refractivity contribution in [2.75, 3.05) is 18.4 Å². The Kier molecular flexibility index (Phi) is 7.68. The van der Waals surface area contributed by atoms with Crippen LogP contribution in [-0.2, 0) is 9.59 Å². The minimum atomic E-state index is -0.509. The number of nitrogens with one attached hydrogen (secondary N) is 1. The van der Waals surface area contributed by atoms with Crippen molar-refractivity contribution in [2.45, 2.75) is 25.3 Å². The highest BCUT2D eigenvalue weighted by atomic mass is 35.5. The fraction of sp³-hybridized carbons (Fsp3) is 0.250. The van der Waals surface area contributed by atoms with Crippen LogP contribution in [0.15, 0.2) is 72.6 Å². The number of aromatic nitrogens is 3. The van der Waals surface area contributed by atoms with Crippen LogP contribution in [0.4, 0.5) is 10.3 Å². The number of anilines is 1. The summed E-state index contributed by atoms with van der Waals surface area (Å²) in [5, 5.41) is 2.43. The first-order valence-electron chi connectivity index (χ1n) is 12.4. The number of benzene rings is 1. The molecule has 1 saturated heterocycles. The van der Waals surface area contributed by atoms with E-state index in [2.05, 4.69) is 28.4 Å². The van der Waals surface area contributed by atoms with E-state index in [0.29, 0.717) is 28.6 Å². The van der Waals surface area contributed by atoms with Gasteiger partial charge in [-0.3, -0.25) is 19.7 Å². The molecule has 3 aromatic heterocycles. The maximum Gasteiger partial charge on any atom is 0.268 e. The molecule has 2 amide bonds. The minimum Gasteiger partial charge on any atom is -0.443 e. The zero-order chi connectivity index (χ0) is 28.4. The highest BCUT2D eigenvalue weighted by Crippen LogP contribution is 2.55. The Morgan fingerprint density at radius 3 is 2.65 bits per heavy atom. The summed E-state index contributed by atoms with van der Waals surface area (Å²) in [6.07, 6.45) is 7.99. The van der Waals surface area contributed by atoms with Gasteiger partial charge < -0.3 is 13.9 Å². The van der Waals surface area contributed by atoms with Gasteiger partial charge in [-0.15, -0.1) is 11.3 Å². The van der Waals surface area contributed by atoms with Crippen LogP contribution < -0.4 is 5.32 Å². The van der Waals surface area contributed by atoms with E-state index in [0.717, 1.165) is 42.3 Å². The van der Waals surface area contributed by atoms with E-state index in [1.165, 1.54) is 35.9 Å². The molecule has 1 N–H and O–H groups in total. The molecule has 0 atom stereocenters. The van der Waals surface area contributed by atoms with Crippen molar-refractivity contribution >= 4 is 57.0 Å². The maximum absolute atomic E-state index is 13.9. The standard InChI is InChI=1S/C25H22FN5O3S.C3H3ClO/c1-2-22(32)30-8-7-25(13-30)10-16(11-25)31-18-4-3-15(26)9-17(18)28-24(31)29-23(33)21-6-5-20(35-21)19-12-27-14-34-19;1-2-3(4)5/h2-6,9,12,14,16H,1,7-8,10-11,13H2,(H,28,29,33);2H,1H2. The molecule has 1 aliphatic carbocycles. The monoisotopic (exact) mass is 581 g/mol. The summed E-state index contributed by atoms with van der Waals surface area (Å²) in [4.78, 5) is 46.2. The van der Waals surface area contributed by atoms with Crippen LogP contribution in [0.2, 0.25) is 0 Å². The number of hydrogen-bond donors (Lipinski definition) is 1. The van der Waals surface area contributed by atoms with E-state index < -0.39 is 5.24 Å². The third-order valence-electron chi connectivity index (χ3n) is 7.17. The van der Waals surface area contributed by atoms with E-state index in [-0.39, 0.29) is 29.1 Å². The molecular weight excluding hydrogens is 557 g/mol. The average molecular weight is 582 g/mol. The van der Waals surface area contributed by atoms with Gasteiger partial charge in [-0.25, -0.2) is 14.4 Å². The Hall–Kier alpha value is -4.09. The number of halogens is 2. The van der Waals surface area contributed by atoms with Crippen LogP contribution in [0.3, 0.4) is 0 Å². The molecule has 4 aromatic rings. The maximum atomic E-state index is 13.9. The average Bonchev–Trinajstić information content (AvgIpc) is 3.72. The number of likely N-dealkylation sites (tertiary alicyclic amines) is 1. The number of imidazole rings is 1. The highest BCUT2D eigenvalue weighted by molar-refractivity contribution is 7.17. The van der Waals surface area contributed by atoms with Crippen molar-refractivity contribution in [2.24, 2.45) is 5.41 Å². The van der Waals surface area contributed by atoms with Gasteiger partial charge in [0, 0.05) is 25.2 Å². The number of nitrogens with zero attached hydrogens (tertiary/aromatic N) is 4. The van der Waals surface area contributed by atoms with Gasteiger partial charge in [0.2, 0.25) is 17.1 Å². The second-order valence-corrected chi connectivity index (χ2v) is 11.2. The number of fused-ring (bicyclic) bond motifs is 1. The molecule has 2 aliphatic rings. The molecule has 6 rings (SSSR count). The van der Waals surface area contributed by atoms with Gasteiger partial charge in [0.1, 0.15) is 5.82 Å². The van der Waals surface area contributed by atoms with Crippen LogP contribution in [0, 0.1) is 11.2 Å². The molecule has 206 valence electrons. The van der Waals surface area contributed by atoms with Gasteiger partial charge in [-0.1, -0.05) is 13.2 Å². The number of carbonyl (C=O) groups excluding carboxylic acids is 3. The summed E-state index contributed by atoms with van der Waals surface area (Å²) in [6, 6.07) is 8.12. The fourth-order valence-corrected chi connectivity index (χ4v) is 6.18. The van der Waals surface area contributed by atoms with Gasteiger partial charge >= 0.3 is 0 Å². The molecule has 0 bridgehead atoms. The van der Waals surface area contributed by atoms with Gasteiger partial charge in [0.25, 0.3) is 5.91 Å². The van der Waals surface area contributed by atoms with Crippen molar-refractivity contribution in [3.8, 4) is 10.6 Å². The smallest absolute Gasteiger partial charge is 0.268 e. The van der Waals surface area contributed by atoms with E-state index in [1.54, 1.807) is 18.3 Å². The van der Waals surface area contributed by atoms with Crippen LogP contribution in [-0.4, -0.2) is 49.6 Å². The Morgan fingerprint density at radius 2 is 1.98 bits per heavy atom. The van der Waals surface area contributed by atoms with Crippen LogP contribution in [0.5, 0.6) is 0 Å². The van der Waals surface area contributed by atoms with Crippen molar-refractivity contribution in [1.29, 1.82) is 0 Å². The van der Waals surface area contributed by atoms with E-state index in [9.17, 15) is 18.8 Å². The molecule has 0 unspecified atom stereocenters. The third kappa shape index (κ3) is 5.47. The minimum absolute atomic E-state index is 0.0394. The first-order valence-corrected chi connectivity index (χ1v) is 13.6. The predicted octanol–water partition coefficient (Wildman–Crippen LogP) is 5.82. The summed E-state index contributed by atoms with van der Waals surface area (Å²) in [7, 11) is 0. The predicted molar refractivity (Wildman–Crippen MR) is 151 cm³/mol. The SMILES string of the molecule is C=CC(=O)Cl.C=CC(=O)N1CCC2(CC(n3c(NC(=O)c4ccc(-c5cnco5)s4)nc4cc(F)ccc43)C2)C1. The Bertz CT molecular complexity index is 1610. The lowest BCUT2D eigenvalue weighted by atomic mass is 9.65. The summed E-state index contributed by atoms with van der Waals surface area (Å²) in [6.45, 7) is 8.10. The van der Waals surface area contributed by atoms with Crippen LogP contribution in [0.25, 0.3) is 21.7 Å². The van der Waals surface area contributed by atoms with Crippen molar-refractivity contribution < 1.29 is 23.2 Å². The normalized spacial score (nSPS) is 19.6. The Labute approximate surface area is 238 Å². The van der Waals surface area contributed by atoms with Crippen molar-refractivity contribution in [3.05, 3.63) is 78.9 Å². The molecule has 1 aromatic carbocycles. The molecule has 1 aliphatic heterocycles. The first kappa shape index (κ1) is 27.5. The van der Waals surface area contributed by atoms with Gasteiger partial charge in [0.05, 0.1) is 27.0 Å². The second-order valence-electron chi connectivity index (χ2n) is 9.71. The Balaban J connectivity index is 0.000000595. The molecule has 40 heavy (non-hydrogen) atoms. The second kappa shape index (κ2) is 11.2. The van der Waals surface area contributed by atoms with Crippen LogP contribution in [0.1, 0.15) is 35.0 Å². The molecule has 12 heteroatoms. The number of carbonyl (C=O) groups is 3. The molecule has 4 heterocycles. The van der Waals surface area contributed by atoms with Crippen molar-refractivity contribution in [3.63, 3.8) is 0 Å². The lowest BCUT2D eigenvalue weighted by Gasteiger charge is -2.46. The third-order valence-corrected chi connectivity index (χ3v) is 8.42. The number of rotatable bonds is 6. The van der Waals surface area contributed by atoms with Crippen LogP contribution >= 0.6 is 22.9 Å².